The molecular formula is C34H42N4O5. The van der Waals surface area contributed by atoms with E-state index in [-0.39, 0.29) is 23.7 Å². The van der Waals surface area contributed by atoms with Crippen molar-refractivity contribution in [2.24, 2.45) is 11.8 Å². The zero-order valence-electron chi connectivity index (χ0n) is 25.3. The number of carbonyl (C=O) groups excluding carboxylic acids is 4. The first-order chi connectivity index (χ1) is 20.6. The van der Waals surface area contributed by atoms with Gasteiger partial charge in [0.2, 0.25) is 23.6 Å². The lowest BCUT2D eigenvalue weighted by Crippen LogP contribution is -2.61. The van der Waals surface area contributed by atoms with Crippen LogP contribution in [0.2, 0.25) is 0 Å². The van der Waals surface area contributed by atoms with E-state index in [1.54, 1.807) is 35.4 Å². The number of carbonyl (C=O) groups is 4. The fourth-order valence-corrected chi connectivity index (χ4v) is 5.37. The minimum atomic E-state index is -1.12. The summed E-state index contributed by atoms with van der Waals surface area (Å²) < 4.78 is 6.33. The average Bonchev–Trinajstić information content (AvgIpc) is 3.48. The van der Waals surface area contributed by atoms with Gasteiger partial charge in [0.05, 0.1) is 0 Å². The quantitative estimate of drug-likeness (QED) is 0.426. The van der Waals surface area contributed by atoms with Crippen molar-refractivity contribution in [3.63, 3.8) is 0 Å². The molecule has 3 aliphatic heterocycles. The van der Waals surface area contributed by atoms with Gasteiger partial charge in [-0.3, -0.25) is 19.2 Å². The van der Waals surface area contributed by atoms with Gasteiger partial charge in [0.15, 0.2) is 0 Å². The molecule has 0 spiro atoms. The molecule has 9 nitrogen and oxygen atoms in total. The minimum Gasteiger partial charge on any atom is -0.487 e. The molecule has 228 valence electrons. The Balaban J connectivity index is 1.61. The lowest BCUT2D eigenvalue weighted by Gasteiger charge is -2.33. The van der Waals surface area contributed by atoms with E-state index in [1.807, 2.05) is 70.2 Å². The van der Waals surface area contributed by atoms with Crippen molar-refractivity contribution < 1.29 is 23.9 Å². The van der Waals surface area contributed by atoms with Crippen LogP contribution in [0.3, 0.4) is 0 Å². The smallest absolute Gasteiger partial charge is 0.247 e. The number of hydrogen-bond acceptors (Lipinski definition) is 5. The van der Waals surface area contributed by atoms with E-state index < -0.39 is 36.0 Å². The van der Waals surface area contributed by atoms with Gasteiger partial charge >= 0.3 is 0 Å². The van der Waals surface area contributed by atoms with Crippen LogP contribution in [-0.4, -0.2) is 59.3 Å². The number of nitrogens with one attached hydrogen (secondary N) is 3. The van der Waals surface area contributed by atoms with Gasteiger partial charge in [-0.1, -0.05) is 70.2 Å². The van der Waals surface area contributed by atoms with E-state index in [2.05, 4.69) is 16.0 Å². The second-order valence-corrected chi connectivity index (χ2v) is 11.8. The first-order valence-corrected chi connectivity index (χ1v) is 15.0. The summed E-state index contributed by atoms with van der Waals surface area (Å²) in [7, 11) is 0. The highest BCUT2D eigenvalue weighted by molar-refractivity contribution is 5.98. The second-order valence-electron chi connectivity index (χ2n) is 11.8. The van der Waals surface area contributed by atoms with E-state index in [9.17, 15) is 19.2 Å². The van der Waals surface area contributed by atoms with Gasteiger partial charge in [0, 0.05) is 18.8 Å². The molecule has 0 saturated carbocycles. The number of likely N-dealkylation sites (tertiary alicyclic amines) is 1. The van der Waals surface area contributed by atoms with Gasteiger partial charge in [-0.2, -0.15) is 0 Å². The SMILES string of the molecule is CC(C)CC1NC(=O)C(NC(=O)C2CCCN2C(=O)C=Cc2ccccc2)C(C(C)C)Oc2ccc(cc2)C=CNC1=O. The maximum atomic E-state index is 13.9. The molecule has 3 aliphatic rings. The van der Waals surface area contributed by atoms with E-state index >= 15 is 0 Å². The average molecular weight is 587 g/mol. The van der Waals surface area contributed by atoms with Crippen molar-refractivity contribution in [3.05, 3.63) is 78.0 Å². The Bertz CT molecular complexity index is 1340. The Morgan fingerprint density at radius 2 is 1.74 bits per heavy atom. The first kappa shape index (κ1) is 31.5. The van der Waals surface area contributed by atoms with Gasteiger partial charge in [-0.05, 0) is 66.5 Å². The molecule has 4 unspecified atom stereocenters. The molecular weight excluding hydrogens is 544 g/mol. The topological polar surface area (TPSA) is 117 Å². The summed E-state index contributed by atoms with van der Waals surface area (Å²) in [5.74, 6) is -1.09. The van der Waals surface area contributed by atoms with E-state index in [0.29, 0.717) is 31.6 Å². The minimum absolute atomic E-state index is 0.123. The number of benzene rings is 2. The Hall–Kier alpha value is -4.40. The van der Waals surface area contributed by atoms with Gasteiger partial charge in [-0.25, -0.2) is 0 Å². The molecule has 3 heterocycles. The van der Waals surface area contributed by atoms with Crippen LogP contribution in [0, 0.1) is 11.8 Å². The summed E-state index contributed by atoms with van der Waals surface area (Å²) in [5, 5.41) is 8.57. The molecule has 0 aromatic heterocycles. The third-order valence-electron chi connectivity index (χ3n) is 7.62. The first-order valence-electron chi connectivity index (χ1n) is 15.0. The normalized spacial score (nSPS) is 22.8. The monoisotopic (exact) mass is 586 g/mol. The third kappa shape index (κ3) is 8.56. The Morgan fingerprint density at radius 1 is 1.02 bits per heavy atom. The second kappa shape index (κ2) is 14.7. The lowest BCUT2D eigenvalue weighted by molar-refractivity contribution is -0.139. The molecule has 5 rings (SSSR count). The van der Waals surface area contributed by atoms with E-state index in [4.69, 9.17) is 4.74 Å². The number of amides is 4. The van der Waals surface area contributed by atoms with Gasteiger partial charge in [-0.15, -0.1) is 0 Å². The highest BCUT2D eigenvalue weighted by Gasteiger charge is 2.40. The zero-order valence-corrected chi connectivity index (χ0v) is 25.3. The highest BCUT2D eigenvalue weighted by Crippen LogP contribution is 2.23. The van der Waals surface area contributed by atoms with Crippen LogP contribution in [0.4, 0.5) is 0 Å². The molecule has 2 aromatic carbocycles. The number of ether oxygens (including phenoxy) is 1. The maximum absolute atomic E-state index is 13.9. The summed E-state index contributed by atoms with van der Waals surface area (Å²) in [4.78, 5) is 55.5. The molecule has 9 heteroatoms. The third-order valence-corrected chi connectivity index (χ3v) is 7.62. The highest BCUT2D eigenvalue weighted by atomic mass is 16.5. The lowest BCUT2D eigenvalue weighted by atomic mass is 9.96. The van der Waals surface area contributed by atoms with Crippen molar-refractivity contribution in [3.8, 4) is 5.75 Å². The van der Waals surface area contributed by atoms with Crippen LogP contribution in [0.1, 0.15) is 58.1 Å². The molecule has 0 aliphatic carbocycles. The fraction of sp³-hybridized carbons (Fsp3) is 0.412. The Kier molecular flexibility index (Phi) is 10.8. The molecule has 2 aromatic rings. The van der Waals surface area contributed by atoms with Crippen LogP contribution in [0.5, 0.6) is 5.75 Å². The van der Waals surface area contributed by atoms with Crippen LogP contribution >= 0.6 is 0 Å². The van der Waals surface area contributed by atoms with Crippen molar-refractivity contribution in [2.75, 3.05) is 6.54 Å². The standard InChI is InChI=1S/C34H42N4O5/c1-22(2)21-27-32(40)35-19-18-25-12-15-26(16-13-25)43-31(23(3)4)30(34(42)36-27)37-33(41)28-11-8-20-38(28)29(39)17-14-24-9-6-5-7-10-24/h5-7,9-10,12-19,22-23,27-28,30-31H,8,11,20-21H2,1-4H3,(H,35,40)(H,36,42)(H,37,41). The van der Waals surface area contributed by atoms with Gasteiger partial charge in [0.25, 0.3) is 0 Å². The number of nitrogens with zero attached hydrogens (tertiary/aromatic N) is 1. The predicted octanol–water partition coefficient (Wildman–Crippen LogP) is 3.91. The van der Waals surface area contributed by atoms with Crippen LogP contribution in [-0.2, 0) is 19.2 Å². The summed E-state index contributed by atoms with van der Waals surface area (Å²) in [6.07, 6.45) is 7.33. The molecule has 1 saturated heterocycles. The van der Waals surface area contributed by atoms with Gasteiger partial charge in [0.1, 0.15) is 30.0 Å². The predicted molar refractivity (Wildman–Crippen MR) is 166 cm³/mol. The van der Waals surface area contributed by atoms with E-state index in [0.717, 1.165) is 11.1 Å². The van der Waals surface area contributed by atoms with Crippen molar-refractivity contribution >= 4 is 35.8 Å². The Labute approximate surface area is 253 Å². The molecule has 0 radical (unpaired) electrons. The van der Waals surface area contributed by atoms with Crippen molar-refractivity contribution in [1.82, 2.24) is 20.9 Å². The van der Waals surface area contributed by atoms with E-state index in [1.165, 1.54) is 6.08 Å². The number of fused-ring (bicyclic) bond motifs is 10. The van der Waals surface area contributed by atoms with Crippen molar-refractivity contribution in [2.45, 2.75) is 71.2 Å². The van der Waals surface area contributed by atoms with Crippen LogP contribution < -0.4 is 20.7 Å². The molecule has 4 amide bonds. The molecule has 2 bridgehead atoms. The van der Waals surface area contributed by atoms with Crippen molar-refractivity contribution in [1.29, 1.82) is 0 Å². The van der Waals surface area contributed by atoms with Crippen LogP contribution in [0.25, 0.3) is 12.2 Å². The molecule has 43 heavy (non-hydrogen) atoms. The summed E-state index contributed by atoms with van der Waals surface area (Å²) in [6, 6.07) is 14.1. The summed E-state index contributed by atoms with van der Waals surface area (Å²) in [6.45, 7) is 8.20. The zero-order chi connectivity index (χ0) is 30.9. The summed E-state index contributed by atoms with van der Waals surface area (Å²) in [5.41, 5.74) is 1.75. The largest absolute Gasteiger partial charge is 0.487 e. The molecule has 1 fully saturated rings. The fourth-order valence-electron chi connectivity index (χ4n) is 5.37. The number of hydrogen-bond donors (Lipinski definition) is 3. The van der Waals surface area contributed by atoms with Crippen LogP contribution in [0.15, 0.2) is 66.9 Å². The van der Waals surface area contributed by atoms with Gasteiger partial charge < -0.3 is 25.6 Å². The molecule has 4 atom stereocenters. The summed E-state index contributed by atoms with van der Waals surface area (Å²) >= 11 is 0. The number of rotatable bonds is 7. The maximum Gasteiger partial charge on any atom is 0.247 e. The molecule has 3 N–H and O–H groups in total. The Morgan fingerprint density at radius 3 is 2.42 bits per heavy atom.